The summed E-state index contributed by atoms with van der Waals surface area (Å²) < 4.78 is 0. The van der Waals surface area contributed by atoms with E-state index in [1.54, 1.807) is 0 Å². The Hall–Kier alpha value is -2.00. The van der Waals surface area contributed by atoms with Crippen molar-refractivity contribution in [3.63, 3.8) is 0 Å². The zero-order valence-electron chi connectivity index (χ0n) is 11.7. The number of hydrazine groups is 1. The number of nitrogens with two attached hydrogens (primary N) is 1. The van der Waals surface area contributed by atoms with E-state index in [1.807, 2.05) is 0 Å². The van der Waals surface area contributed by atoms with Gasteiger partial charge in [-0.15, -0.1) is 0 Å². The van der Waals surface area contributed by atoms with E-state index in [9.17, 15) is 10.1 Å². The number of hydrogen-bond acceptors (Lipinski definition) is 8. The van der Waals surface area contributed by atoms with Gasteiger partial charge in [0.25, 0.3) is 0 Å². The molecular formula is C12H19N7O2. The van der Waals surface area contributed by atoms with Crippen LogP contribution in [0.25, 0.3) is 0 Å². The Morgan fingerprint density at radius 3 is 2.90 bits per heavy atom. The monoisotopic (exact) mass is 293 g/mol. The summed E-state index contributed by atoms with van der Waals surface area (Å²) in [6, 6.07) is 0.785. The van der Waals surface area contributed by atoms with Gasteiger partial charge in [0.05, 0.1) is 4.92 Å². The standard InChI is InChI=1S/C12H19N7O2/c13-17-12-10(19(20)21)11(14-7-15-12)16-8-3-5-18-4-1-2-9(18)6-8/h7-9H,1-6,13H2,(H2,14,15,16,17). The smallest absolute Gasteiger partial charge is 0.354 e. The molecule has 2 aliphatic heterocycles. The van der Waals surface area contributed by atoms with Gasteiger partial charge in [-0.2, -0.15) is 0 Å². The molecule has 0 spiro atoms. The molecule has 0 aliphatic carbocycles. The van der Waals surface area contributed by atoms with Gasteiger partial charge in [-0.25, -0.2) is 15.8 Å². The second kappa shape index (κ2) is 5.78. The van der Waals surface area contributed by atoms with Crippen molar-refractivity contribution < 1.29 is 4.92 Å². The fourth-order valence-electron chi connectivity index (χ4n) is 3.31. The number of fused-ring (bicyclic) bond motifs is 1. The number of rotatable bonds is 4. The third-order valence-corrected chi connectivity index (χ3v) is 4.30. The van der Waals surface area contributed by atoms with E-state index in [0.29, 0.717) is 6.04 Å². The van der Waals surface area contributed by atoms with Crippen molar-refractivity contribution in [2.45, 2.75) is 37.8 Å². The van der Waals surface area contributed by atoms with Crippen molar-refractivity contribution in [3.05, 3.63) is 16.4 Å². The molecule has 3 rings (SSSR count). The molecule has 2 fully saturated rings. The lowest BCUT2D eigenvalue weighted by Gasteiger charge is -2.35. The summed E-state index contributed by atoms with van der Waals surface area (Å²) in [5.41, 5.74) is 2.05. The highest BCUT2D eigenvalue weighted by Crippen LogP contribution is 2.32. The number of piperidine rings is 1. The molecule has 2 saturated heterocycles. The number of nitrogens with one attached hydrogen (secondary N) is 2. The van der Waals surface area contributed by atoms with Crippen molar-refractivity contribution in [3.8, 4) is 0 Å². The Balaban J connectivity index is 1.77. The zero-order valence-corrected chi connectivity index (χ0v) is 11.7. The van der Waals surface area contributed by atoms with Gasteiger partial charge in [0, 0.05) is 18.6 Å². The lowest BCUT2D eigenvalue weighted by atomic mass is 9.97. The first kappa shape index (κ1) is 14.0. The maximum Gasteiger partial charge on any atom is 0.354 e. The second-order valence-electron chi connectivity index (χ2n) is 5.52. The summed E-state index contributed by atoms with van der Waals surface area (Å²) in [5.74, 6) is 5.54. The molecule has 2 unspecified atom stereocenters. The lowest BCUT2D eigenvalue weighted by molar-refractivity contribution is -0.383. The first-order valence-electron chi connectivity index (χ1n) is 7.15. The van der Waals surface area contributed by atoms with Crippen LogP contribution in [0.4, 0.5) is 17.3 Å². The summed E-state index contributed by atoms with van der Waals surface area (Å²) in [7, 11) is 0. The Morgan fingerprint density at radius 1 is 1.33 bits per heavy atom. The third kappa shape index (κ3) is 2.74. The fourth-order valence-corrected chi connectivity index (χ4v) is 3.31. The topological polar surface area (TPSA) is 122 Å². The maximum absolute atomic E-state index is 11.2. The van der Waals surface area contributed by atoms with Crippen LogP contribution in [0.2, 0.25) is 0 Å². The van der Waals surface area contributed by atoms with E-state index in [4.69, 9.17) is 5.84 Å². The molecule has 9 heteroatoms. The van der Waals surface area contributed by atoms with Gasteiger partial charge < -0.3 is 15.6 Å². The second-order valence-corrected chi connectivity index (χ2v) is 5.52. The molecule has 1 aromatic heterocycles. The van der Waals surface area contributed by atoms with Crippen LogP contribution in [0, 0.1) is 10.1 Å². The molecule has 21 heavy (non-hydrogen) atoms. The molecule has 114 valence electrons. The molecule has 3 heterocycles. The highest BCUT2D eigenvalue weighted by atomic mass is 16.6. The SMILES string of the molecule is NNc1ncnc(NC2CCN3CCCC3C2)c1[N+](=O)[O-]. The molecule has 2 atom stereocenters. The van der Waals surface area contributed by atoms with Crippen molar-refractivity contribution in [2.75, 3.05) is 23.8 Å². The van der Waals surface area contributed by atoms with Crippen molar-refractivity contribution in [2.24, 2.45) is 5.84 Å². The molecule has 0 aromatic carbocycles. The van der Waals surface area contributed by atoms with Crippen LogP contribution >= 0.6 is 0 Å². The summed E-state index contributed by atoms with van der Waals surface area (Å²) in [5, 5.41) is 14.4. The molecular weight excluding hydrogens is 274 g/mol. The summed E-state index contributed by atoms with van der Waals surface area (Å²) in [6.07, 6.45) is 5.68. The Morgan fingerprint density at radius 2 is 2.14 bits per heavy atom. The van der Waals surface area contributed by atoms with Crippen LogP contribution in [-0.4, -0.2) is 45.0 Å². The summed E-state index contributed by atoms with van der Waals surface area (Å²) in [6.45, 7) is 2.20. The fraction of sp³-hybridized carbons (Fsp3) is 0.667. The normalized spacial score (nSPS) is 25.4. The number of aromatic nitrogens is 2. The van der Waals surface area contributed by atoms with Gasteiger partial charge >= 0.3 is 5.69 Å². The molecule has 0 radical (unpaired) electrons. The van der Waals surface area contributed by atoms with E-state index in [1.165, 1.54) is 25.7 Å². The number of hydrogen-bond donors (Lipinski definition) is 3. The number of nitrogens with zero attached hydrogens (tertiary/aromatic N) is 4. The Bertz CT molecular complexity index is 538. The lowest BCUT2D eigenvalue weighted by Crippen LogP contribution is -2.43. The van der Waals surface area contributed by atoms with Gasteiger partial charge in [0.1, 0.15) is 6.33 Å². The number of anilines is 2. The van der Waals surface area contributed by atoms with Crippen LogP contribution in [0.15, 0.2) is 6.33 Å². The predicted molar refractivity (Wildman–Crippen MR) is 77.7 cm³/mol. The summed E-state index contributed by atoms with van der Waals surface area (Å²) in [4.78, 5) is 21.0. The van der Waals surface area contributed by atoms with Crippen LogP contribution < -0.4 is 16.6 Å². The van der Waals surface area contributed by atoms with Gasteiger partial charge in [-0.05, 0) is 32.2 Å². The average molecular weight is 293 g/mol. The van der Waals surface area contributed by atoms with Crippen molar-refractivity contribution in [1.82, 2.24) is 14.9 Å². The highest BCUT2D eigenvalue weighted by Gasteiger charge is 2.33. The minimum absolute atomic E-state index is 0.0239. The zero-order chi connectivity index (χ0) is 14.8. The van der Waals surface area contributed by atoms with Gasteiger partial charge in [-0.3, -0.25) is 10.1 Å². The first-order valence-corrected chi connectivity index (χ1v) is 7.15. The number of nitro groups is 1. The van der Waals surface area contributed by atoms with Crippen molar-refractivity contribution >= 4 is 17.3 Å². The van der Waals surface area contributed by atoms with Crippen LogP contribution in [-0.2, 0) is 0 Å². The van der Waals surface area contributed by atoms with E-state index < -0.39 is 4.92 Å². The molecule has 0 bridgehead atoms. The van der Waals surface area contributed by atoms with Crippen LogP contribution in [0.5, 0.6) is 0 Å². The van der Waals surface area contributed by atoms with Gasteiger partial charge in [-0.1, -0.05) is 0 Å². The van der Waals surface area contributed by atoms with Gasteiger partial charge in [0.15, 0.2) is 0 Å². The minimum Gasteiger partial charge on any atom is -0.361 e. The number of nitrogen functional groups attached to an aromatic ring is 1. The molecule has 4 N–H and O–H groups in total. The van der Waals surface area contributed by atoms with E-state index in [0.717, 1.165) is 19.4 Å². The summed E-state index contributed by atoms with van der Waals surface area (Å²) >= 11 is 0. The molecule has 0 amide bonds. The van der Waals surface area contributed by atoms with Crippen molar-refractivity contribution in [1.29, 1.82) is 0 Å². The first-order chi connectivity index (χ1) is 10.2. The van der Waals surface area contributed by atoms with E-state index in [-0.39, 0.29) is 23.4 Å². The van der Waals surface area contributed by atoms with Gasteiger partial charge in [0.2, 0.25) is 11.6 Å². The quantitative estimate of drug-likeness (QED) is 0.421. The largest absolute Gasteiger partial charge is 0.361 e. The predicted octanol–water partition coefficient (Wildman–Crippen LogP) is 0.709. The van der Waals surface area contributed by atoms with Crippen LogP contribution in [0.3, 0.4) is 0 Å². The molecule has 1 aromatic rings. The maximum atomic E-state index is 11.2. The average Bonchev–Trinajstić information content (AvgIpc) is 2.94. The van der Waals surface area contributed by atoms with Crippen LogP contribution in [0.1, 0.15) is 25.7 Å². The molecule has 9 nitrogen and oxygen atoms in total. The Labute approximate surface area is 122 Å². The van der Waals surface area contributed by atoms with E-state index in [2.05, 4.69) is 25.6 Å². The third-order valence-electron chi connectivity index (χ3n) is 4.30. The molecule has 0 saturated carbocycles. The highest BCUT2D eigenvalue weighted by molar-refractivity contribution is 5.69. The van der Waals surface area contributed by atoms with E-state index >= 15 is 0 Å². The Kier molecular flexibility index (Phi) is 3.84. The molecule has 2 aliphatic rings. The minimum atomic E-state index is -0.512.